The molecule has 2 aliphatic carbocycles. The average molecular weight is 437 g/mol. The Labute approximate surface area is 174 Å². The van der Waals surface area contributed by atoms with Gasteiger partial charge in [-0.3, -0.25) is 0 Å². The molecule has 0 spiro atoms. The number of fused-ring (bicyclic) bond motifs is 2. The van der Waals surface area contributed by atoms with Crippen LogP contribution in [0.15, 0.2) is 20.7 Å². The highest BCUT2D eigenvalue weighted by atomic mass is 32.2. The van der Waals surface area contributed by atoms with Gasteiger partial charge < -0.3 is 10.2 Å². The van der Waals surface area contributed by atoms with Crippen molar-refractivity contribution in [2.75, 3.05) is 19.4 Å². The van der Waals surface area contributed by atoms with Crippen LogP contribution in [0.4, 0.5) is 14.9 Å². The lowest BCUT2D eigenvalue weighted by atomic mass is 9.99. The number of benzene rings is 1. The maximum Gasteiger partial charge on any atom is 0.354 e. The van der Waals surface area contributed by atoms with Crippen LogP contribution in [0.25, 0.3) is 0 Å². The Bertz CT molecular complexity index is 1070. The van der Waals surface area contributed by atoms with E-state index in [1.165, 1.54) is 17.2 Å². The number of thiophene rings is 1. The highest BCUT2D eigenvalue weighted by Crippen LogP contribution is 2.38. The highest BCUT2D eigenvalue weighted by molar-refractivity contribution is 7.93. The van der Waals surface area contributed by atoms with E-state index in [4.69, 9.17) is 5.14 Å². The lowest BCUT2D eigenvalue weighted by Crippen LogP contribution is -2.18. The zero-order valence-corrected chi connectivity index (χ0v) is 18.2. The summed E-state index contributed by atoms with van der Waals surface area (Å²) >= 11 is 0.992. The Morgan fingerprint density at radius 2 is 1.83 bits per heavy atom. The first-order valence-corrected chi connectivity index (χ1v) is 12.1. The third-order valence-electron chi connectivity index (χ3n) is 5.37. The zero-order valence-electron chi connectivity index (χ0n) is 16.6. The second kappa shape index (κ2) is 7.79. The van der Waals surface area contributed by atoms with E-state index < -0.39 is 21.8 Å². The SMILES string of the molecule is CN(C)Cc1cc(F)c([S@@](N)(=O)=NC(=O)Nc2c3c(cc4c2CCC4)CCC3)s1. The molecular formula is C20H25FN4O2S2. The van der Waals surface area contributed by atoms with E-state index >= 15 is 0 Å². The van der Waals surface area contributed by atoms with Crippen LogP contribution in [0.2, 0.25) is 0 Å². The van der Waals surface area contributed by atoms with Crippen molar-refractivity contribution in [1.82, 2.24) is 4.90 Å². The second-order valence-corrected chi connectivity index (χ2v) is 11.0. The molecular weight excluding hydrogens is 411 g/mol. The van der Waals surface area contributed by atoms with Gasteiger partial charge in [0.05, 0.1) is 0 Å². The van der Waals surface area contributed by atoms with Crippen molar-refractivity contribution in [2.24, 2.45) is 9.50 Å². The number of carbonyl (C=O) groups is 1. The van der Waals surface area contributed by atoms with Gasteiger partial charge in [-0.2, -0.15) is 0 Å². The van der Waals surface area contributed by atoms with Crippen LogP contribution in [-0.2, 0) is 42.1 Å². The van der Waals surface area contributed by atoms with Crippen LogP contribution >= 0.6 is 11.3 Å². The van der Waals surface area contributed by atoms with Crippen LogP contribution in [0.1, 0.15) is 40.0 Å². The summed E-state index contributed by atoms with van der Waals surface area (Å²) in [5.41, 5.74) is 5.64. The molecule has 1 aromatic heterocycles. The van der Waals surface area contributed by atoms with Gasteiger partial charge in [-0.1, -0.05) is 6.07 Å². The molecule has 0 radical (unpaired) electrons. The van der Waals surface area contributed by atoms with Gasteiger partial charge in [-0.05, 0) is 80.9 Å². The molecule has 156 valence electrons. The predicted octanol–water partition coefficient (Wildman–Crippen LogP) is 3.86. The predicted molar refractivity (Wildman–Crippen MR) is 114 cm³/mol. The van der Waals surface area contributed by atoms with E-state index in [9.17, 15) is 13.4 Å². The first-order chi connectivity index (χ1) is 13.7. The van der Waals surface area contributed by atoms with Crippen molar-refractivity contribution in [2.45, 2.75) is 49.3 Å². The number of nitrogens with two attached hydrogens (primary N) is 1. The van der Waals surface area contributed by atoms with Crippen LogP contribution in [0.3, 0.4) is 0 Å². The monoisotopic (exact) mass is 436 g/mol. The normalized spacial score (nSPS) is 17.1. The topological polar surface area (TPSA) is 87.8 Å². The van der Waals surface area contributed by atoms with E-state index in [0.29, 0.717) is 11.4 Å². The van der Waals surface area contributed by atoms with Crippen molar-refractivity contribution in [3.63, 3.8) is 0 Å². The Morgan fingerprint density at radius 3 is 2.41 bits per heavy atom. The molecule has 1 aromatic carbocycles. The summed E-state index contributed by atoms with van der Waals surface area (Å²) in [7, 11) is 0.0402. The Kier molecular flexibility index (Phi) is 5.50. The van der Waals surface area contributed by atoms with Gasteiger partial charge in [0.25, 0.3) is 0 Å². The summed E-state index contributed by atoms with van der Waals surface area (Å²) in [5.74, 6) is -0.683. The van der Waals surface area contributed by atoms with Gasteiger partial charge in [0, 0.05) is 17.1 Å². The summed E-state index contributed by atoms with van der Waals surface area (Å²) < 4.78 is 30.7. The molecule has 9 heteroatoms. The summed E-state index contributed by atoms with van der Waals surface area (Å²) in [6, 6.07) is 2.78. The standard InChI is InChI=1S/C20H25FN4O2S2/c1-25(2)11-14-10-17(21)19(28-14)29(22,27)24-20(26)23-18-15-7-3-5-12(15)9-13-6-4-8-16(13)18/h9-10H,3-8,11H2,1-2H3,(H3,22,23,24,26,27)/t29-/m0/s1. The van der Waals surface area contributed by atoms with Gasteiger partial charge in [0.15, 0.2) is 19.9 Å². The Hall–Kier alpha value is -1.81. The van der Waals surface area contributed by atoms with Crippen molar-refractivity contribution in [3.8, 4) is 0 Å². The molecule has 1 heterocycles. The zero-order chi connectivity index (χ0) is 20.8. The lowest BCUT2D eigenvalue weighted by Gasteiger charge is -2.15. The van der Waals surface area contributed by atoms with E-state index in [0.717, 1.165) is 66.7 Å². The molecule has 0 bridgehead atoms. The number of urea groups is 1. The maximum atomic E-state index is 14.3. The van der Waals surface area contributed by atoms with Crippen molar-refractivity contribution < 1.29 is 13.4 Å². The third kappa shape index (κ3) is 4.09. The second-order valence-electron chi connectivity index (χ2n) is 7.91. The first kappa shape index (κ1) is 20.5. The number of rotatable bonds is 4. The Morgan fingerprint density at radius 1 is 1.21 bits per heavy atom. The number of hydrogen-bond acceptors (Lipinski definition) is 4. The summed E-state index contributed by atoms with van der Waals surface area (Å²) in [5, 5.41) is 8.66. The molecule has 3 N–H and O–H groups in total. The molecule has 1 atom stereocenters. The first-order valence-electron chi connectivity index (χ1n) is 9.70. The number of nitrogens with one attached hydrogen (secondary N) is 1. The van der Waals surface area contributed by atoms with Crippen LogP contribution in [0.5, 0.6) is 0 Å². The maximum absolute atomic E-state index is 14.3. The summed E-state index contributed by atoms with van der Waals surface area (Å²) in [4.78, 5) is 15.2. The van der Waals surface area contributed by atoms with Crippen LogP contribution in [-0.4, -0.2) is 29.2 Å². The number of aryl methyl sites for hydroxylation is 2. The summed E-state index contributed by atoms with van der Waals surface area (Å²) in [6.45, 7) is 0.492. The van der Waals surface area contributed by atoms with Crippen LogP contribution in [0, 0.1) is 5.82 Å². The fraction of sp³-hybridized carbons (Fsp3) is 0.450. The van der Waals surface area contributed by atoms with Gasteiger partial charge in [0.2, 0.25) is 0 Å². The summed E-state index contributed by atoms with van der Waals surface area (Å²) in [6.07, 6.45) is 5.94. The average Bonchev–Trinajstić information content (AvgIpc) is 3.33. The van der Waals surface area contributed by atoms with E-state index in [1.807, 2.05) is 19.0 Å². The number of halogens is 1. The molecule has 0 unspecified atom stereocenters. The quantitative estimate of drug-likeness (QED) is 0.763. The molecule has 29 heavy (non-hydrogen) atoms. The van der Waals surface area contributed by atoms with E-state index in [-0.39, 0.29) is 4.21 Å². The van der Waals surface area contributed by atoms with Crippen molar-refractivity contribution >= 4 is 33.0 Å². The van der Waals surface area contributed by atoms with Crippen molar-refractivity contribution in [1.29, 1.82) is 0 Å². The van der Waals surface area contributed by atoms with Gasteiger partial charge in [-0.25, -0.2) is 18.5 Å². The largest absolute Gasteiger partial charge is 0.354 e. The minimum atomic E-state index is -3.67. The molecule has 0 aliphatic heterocycles. The molecule has 2 aliphatic rings. The minimum absolute atomic E-state index is 0.187. The number of nitrogens with zero attached hydrogens (tertiary/aromatic N) is 2. The highest BCUT2D eigenvalue weighted by Gasteiger charge is 2.26. The third-order valence-corrected chi connectivity index (χ3v) is 8.39. The number of hydrogen-bond donors (Lipinski definition) is 2. The molecule has 4 rings (SSSR count). The number of amides is 2. The minimum Gasteiger partial charge on any atom is -0.305 e. The number of carbonyl (C=O) groups excluding carboxylic acids is 1. The molecule has 2 aromatic rings. The fourth-order valence-corrected chi connectivity index (χ4v) is 6.75. The van der Waals surface area contributed by atoms with Crippen molar-refractivity contribution in [3.05, 3.63) is 45.1 Å². The van der Waals surface area contributed by atoms with E-state index in [2.05, 4.69) is 15.7 Å². The van der Waals surface area contributed by atoms with E-state index in [1.54, 1.807) is 0 Å². The number of anilines is 1. The van der Waals surface area contributed by atoms with Gasteiger partial charge >= 0.3 is 6.03 Å². The fourth-order valence-electron chi connectivity index (χ4n) is 4.25. The van der Waals surface area contributed by atoms with Gasteiger partial charge in [0.1, 0.15) is 0 Å². The lowest BCUT2D eigenvalue weighted by molar-refractivity contribution is 0.260. The molecule has 2 amide bonds. The van der Waals surface area contributed by atoms with Gasteiger partial charge in [-0.15, -0.1) is 15.7 Å². The van der Waals surface area contributed by atoms with Crippen LogP contribution < -0.4 is 10.5 Å². The Balaban J connectivity index is 1.64. The molecule has 0 fully saturated rings. The molecule has 0 saturated heterocycles. The molecule has 6 nitrogen and oxygen atoms in total. The molecule has 0 saturated carbocycles. The smallest absolute Gasteiger partial charge is 0.305 e.